The van der Waals surface area contributed by atoms with Crippen LogP contribution in [0, 0.1) is 17.7 Å². The second-order valence-corrected chi connectivity index (χ2v) is 7.26. The molecule has 0 aliphatic heterocycles. The van der Waals surface area contributed by atoms with E-state index in [1.54, 1.807) is 0 Å². The highest BCUT2D eigenvalue weighted by Crippen LogP contribution is 2.23. The smallest absolute Gasteiger partial charge is 0.287 e. The quantitative estimate of drug-likeness (QED) is 0.778. The number of nitrogens with zero attached hydrogens (tertiary/aromatic N) is 2. The molecule has 3 rings (SSSR count). The Balaban J connectivity index is 1.56. The van der Waals surface area contributed by atoms with E-state index in [2.05, 4.69) is 17.3 Å². The maximum Gasteiger partial charge on any atom is 0.287 e. The fourth-order valence-electron chi connectivity index (χ4n) is 3.28. The Morgan fingerprint density at radius 2 is 2.15 bits per heavy atom. The summed E-state index contributed by atoms with van der Waals surface area (Å²) in [6.45, 7) is 4.39. The first-order valence-electron chi connectivity index (χ1n) is 9.07. The van der Waals surface area contributed by atoms with Crippen molar-refractivity contribution in [3.8, 4) is 5.75 Å². The highest BCUT2D eigenvalue weighted by molar-refractivity contribution is 7.71. The molecule has 0 saturated heterocycles. The molecule has 1 aromatic carbocycles. The van der Waals surface area contributed by atoms with Crippen molar-refractivity contribution in [3.63, 3.8) is 0 Å². The van der Waals surface area contributed by atoms with Crippen LogP contribution < -0.4 is 10.1 Å². The summed E-state index contributed by atoms with van der Waals surface area (Å²) in [5, 5.41) is 7.37. The van der Waals surface area contributed by atoms with Crippen LogP contribution >= 0.6 is 12.2 Å². The van der Waals surface area contributed by atoms with Gasteiger partial charge in [-0.3, -0.25) is 4.79 Å². The molecule has 1 aliphatic carbocycles. The predicted octanol–water partition coefficient (Wildman–Crippen LogP) is 3.79. The van der Waals surface area contributed by atoms with E-state index in [4.69, 9.17) is 21.4 Å². The van der Waals surface area contributed by atoms with Gasteiger partial charge in [-0.25, -0.2) is 4.68 Å². The molecule has 6 nitrogen and oxygen atoms in total. The zero-order valence-electron chi connectivity index (χ0n) is 15.2. The van der Waals surface area contributed by atoms with Gasteiger partial charge in [-0.1, -0.05) is 38.0 Å². The van der Waals surface area contributed by atoms with E-state index in [1.807, 2.05) is 31.2 Å². The first kappa shape index (κ1) is 18.6. The Hall–Kier alpha value is -2.15. The molecule has 1 amide bonds. The molecule has 7 heteroatoms. The number of carbonyl (C=O) groups is 1. The van der Waals surface area contributed by atoms with Crippen LogP contribution in [0.1, 0.15) is 44.1 Å². The first-order valence-corrected chi connectivity index (χ1v) is 9.48. The number of para-hydroxylation sites is 1. The number of aromatic nitrogens is 2. The van der Waals surface area contributed by atoms with Crippen molar-refractivity contribution in [2.45, 2.75) is 58.7 Å². The molecule has 0 spiro atoms. The van der Waals surface area contributed by atoms with E-state index in [9.17, 15) is 4.79 Å². The lowest BCUT2D eigenvalue weighted by Gasteiger charge is -2.29. The molecule has 1 fully saturated rings. The van der Waals surface area contributed by atoms with Gasteiger partial charge in [-0.15, -0.1) is 5.10 Å². The molecule has 1 N–H and O–H groups in total. The Kier molecular flexibility index (Phi) is 6.08. The van der Waals surface area contributed by atoms with Gasteiger partial charge < -0.3 is 14.5 Å². The largest absolute Gasteiger partial charge is 0.484 e. The predicted molar refractivity (Wildman–Crippen MR) is 100 cm³/mol. The van der Waals surface area contributed by atoms with E-state index in [0.717, 1.165) is 24.2 Å². The minimum absolute atomic E-state index is 0.0654. The van der Waals surface area contributed by atoms with Gasteiger partial charge >= 0.3 is 0 Å². The molecule has 1 aromatic heterocycles. The Bertz CT molecular complexity index is 814. The van der Waals surface area contributed by atoms with E-state index < -0.39 is 0 Å². The molecule has 2 aromatic rings. The molecular weight excluding hydrogens is 350 g/mol. The Morgan fingerprint density at radius 3 is 2.92 bits per heavy atom. The molecule has 1 saturated carbocycles. The van der Waals surface area contributed by atoms with Crippen molar-refractivity contribution in [1.29, 1.82) is 0 Å². The number of hydrogen-bond acceptors (Lipinski definition) is 5. The number of benzene rings is 1. The number of hydrogen-bond donors (Lipinski definition) is 1. The average Bonchev–Trinajstić information content (AvgIpc) is 2.96. The monoisotopic (exact) mass is 375 g/mol. The first-order chi connectivity index (χ1) is 12.5. The van der Waals surface area contributed by atoms with E-state index in [0.29, 0.717) is 11.8 Å². The van der Waals surface area contributed by atoms with Gasteiger partial charge in [-0.05, 0) is 49.5 Å². The molecule has 0 unspecified atom stereocenters. The summed E-state index contributed by atoms with van der Waals surface area (Å²) < 4.78 is 12.6. The van der Waals surface area contributed by atoms with E-state index >= 15 is 0 Å². The van der Waals surface area contributed by atoms with Crippen molar-refractivity contribution < 1.29 is 13.9 Å². The highest BCUT2D eigenvalue weighted by Gasteiger charge is 2.23. The summed E-state index contributed by atoms with van der Waals surface area (Å²) in [6, 6.07) is 7.96. The fraction of sp³-hybridized carbons (Fsp3) is 0.526. The van der Waals surface area contributed by atoms with Gasteiger partial charge in [0.15, 0.2) is 6.61 Å². The molecule has 140 valence electrons. The maximum absolute atomic E-state index is 12.3. The third-order valence-electron chi connectivity index (χ3n) is 4.84. The SMILES string of the molecule is Cc1ccccc1OCc1nn(CC(=O)N[C@H]2CCCC[C@H]2C)c(=S)o1. The third-order valence-corrected chi connectivity index (χ3v) is 5.14. The normalized spacial score (nSPS) is 19.9. The van der Waals surface area contributed by atoms with Crippen molar-refractivity contribution in [2.75, 3.05) is 0 Å². The number of carbonyl (C=O) groups excluding carboxylic acids is 1. The van der Waals surface area contributed by atoms with Crippen molar-refractivity contribution >= 4 is 18.1 Å². The van der Waals surface area contributed by atoms with Crippen molar-refractivity contribution in [1.82, 2.24) is 15.1 Å². The molecule has 0 bridgehead atoms. The average molecular weight is 375 g/mol. The lowest BCUT2D eigenvalue weighted by atomic mass is 9.86. The Morgan fingerprint density at radius 1 is 1.38 bits per heavy atom. The van der Waals surface area contributed by atoms with Crippen LogP contribution in [-0.2, 0) is 17.9 Å². The van der Waals surface area contributed by atoms with Crippen LogP contribution in [0.2, 0.25) is 0 Å². The van der Waals surface area contributed by atoms with Crippen LogP contribution in [-0.4, -0.2) is 21.7 Å². The fourth-order valence-corrected chi connectivity index (χ4v) is 3.49. The van der Waals surface area contributed by atoms with Gasteiger partial charge in [0.2, 0.25) is 5.91 Å². The van der Waals surface area contributed by atoms with E-state index in [1.165, 1.54) is 17.5 Å². The minimum atomic E-state index is -0.0838. The van der Waals surface area contributed by atoms with E-state index in [-0.39, 0.29) is 29.9 Å². The van der Waals surface area contributed by atoms with Crippen LogP contribution in [0.5, 0.6) is 5.75 Å². The number of amides is 1. The summed E-state index contributed by atoms with van der Waals surface area (Å²) in [6.07, 6.45) is 4.60. The number of nitrogens with one attached hydrogen (secondary N) is 1. The van der Waals surface area contributed by atoms with Gasteiger partial charge in [0.25, 0.3) is 10.7 Å². The summed E-state index contributed by atoms with van der Waals surface area (Å²) >= 11 is 5.17. The second kappa shape index (κ2) is 8.49. The van der Waals surface area contributed by atoms with Crippen molar-refractivity contribution in [3.05, 3.63) is 40.6 Å². The standard InChI is InChI=1S/C19H25N3O3S/c1-13-7-3-5-9-15(13)20-17(23)11-22-19(26)25-18(21-22)12-24-16-10-6-4-8-14(16)2/h4,6,8,10,13,15H,3,5,7,9,11-12H2,1-2H3,(H,20,23)/t13-,15+/m1/s1. The summed E-state index contributed by atoms with van der Waals surface area (Å²) in [7, 11) is 0. The second-order valence-electron chi connectivity index (χ2n) is 6.91. The highest BCUT2D eigenvalue weighted by atomic mass is 32.1. The maximum atomic E-state index is 12.3. The van der Waals surface area contributed by atoms with Crippen molar-refractivity contribution in [2.24, 2.45) is 5.92 Å². The minimum Gasteiger partial charge on any atom is -0.484 e. The van der Waals surface area contributed by atoms with Gasteiger partial charge in [0.05, 0.1) is 0 Å². The third kappa shape index (κ3) is 4.72. The van der Waals surface area contributed by atoms with Gasteiger partial charge in [-0.2, -0.15) is 0 Å². The molecule has 26 heavy (non-hydrogen) atoms. The summed E-state index contributed by atoms with van der Waals surface area (Å²) in [5.41, 5.74) is 1.03. The molecule has 2 atom stereocenters. The zero-order chi connectivity index (χ0) is 18.5. The van der Waals surface area contributed by atoms with Crippen LogP contribution in [0.3, 0.4) is 0 Å². The summed E-state index contributed by atoms with van der Waals surface area (Å²) in [4.78, 5) is 12.5. The lowest BCUT2D eigenvalue weighted by Crippen LogP contribution is -2.42. The van der Waals surface area contributed by atoms with Gasteiger partial charge in [0, 0.05) is 6.04 Å². The number of ether oxygens (including phenoxy) is 1. The topological polar surface area (TPSA) is 69.3 Å². The number of rotatable bonds is 6. The zero-order valence-corrected chi connectivity index (χ0v) is 16.1. The van der Waals surface area contributed by atoms with Crippen LogP contribution in [0.25, 0.3) is 0 Å². The van der Waals surface area contributed by atoms with Gasteiger partial charge in [0.1, 0.15) is 12.3 Å². The number of aryl methyl sites for hydroxylation is 1. The molecule has 1 aliphatic rings. The van der Waals surface area contributed by atoms with Crippen LogP contribution in [0.15, 0.2) is 28.7 Å². The lowest BCUT2D eigenvalue weighted by molar-refractivity contribution is -0.123. The Labute approximate surface area is 158 Å². The molecule has 0 radical (unpaired) electrons. The summed E-state index contributed by atoms with van der Waals surface area (Å²) in [5.74, 6) is 1.56. The molecule has 1 heterocycles. The van der Waals surface area contributed by atoms with Crippen LogP contribution in [0.4, 0.5) is 0 Å². The molecular formula is C19H25N3O3S.